The zero-order valence-corrected chi connectivity index (χ0v) is 16.8. The summed E-state index contributed by atoms with van der Waals surface area (Å²) in [4.78, 5) is 12.5. The lowest BCUT2D eigenvalue weighted by atomic mass is 9.97. The highest BCUT2D eigenvalue weighted by Crippen LogP contribution is 2.24. The van der Waals surface area contributed by atoms with Gasteiger partial charge in [0.05, 0.1) is 11.4 Å². The second kappa shape index (κ2) is 7.82. The average Bonchev–Trinajstić information content (AvgIpc) is 3.09. The molecule has 1 aromatic carbocycles. The molecule has 0 aliphatic carbocycles. The van der Waals surface area contributed by atoms with Crippen molar-refractivity contribution in [3.63, 3.8) is 0 Å². The molecule has 3 rings (SSSR count). The van der Waals surface area contributed by atoms with Crippen LogP contribution in [0.2, 0.25) is 0 Å². The fourth-order valence-corrected chi connectivity index (χ4v) is 4.60. The Morgan fingerprint density at radius 2 is 1.81 bits per heavy atom. The Hall–Kier alpha value is -2.19. The van der Waals surface area contributed by atoms with Crippen LogP contribution >= 0.6 is 0 Å². The number of nitrogens with zero attached hydrogens (tertiary/aromatic N) is 2. The number of aryl methyl sites for hydroxylation is 2. The van der Waals surface area contributed by atoms with E-state index in [2.05, 4.69) is 33.7 Å². The van der Waals surface area contributed by atoms with E-state index < -0.39 is 10.0 Å². The van der Waals surface area contributed by atoms with E-state index >= 15 is 0 Å². The molecule has 8 heteroatoms. The first-order valence-corrected chi connectivity index (χ1v) is 10.8. The van der Waals surface area contributed by atoms with Gasteiger partial charge in [-0.2, -0.15) is 5.10 Å². The molecular formula is C19H26N4O3S. The SMILES string of the molecule is CCS(=O)(=O)N1CCC(C(=O)Nc2cc(-c3cc(C)cc(C)c3)[nH]n2)CC1. The van der Waals surface area contributed by atoms with Crippen LogP contribution in [0, 0.1) is 19.8 Å². The Labute approximate surface area is 160 Å². The third-order valence-corrected chi connectivity index (χ3v) is 6.83. The van der Waals surface area contributed by atoms with Crippen LogP contribution in [0.4, 0.5) is 5.82 Å². The molecule has 1 fully saturated rings. The molecule has 1 saturated heterocycles. The molecule has 1 aliphatic heterocycles. The number of carbonyl (C=O) groups is 1. The molecule has 1 aliphatic rings. The number of piperidine rings is 1. The molecule has 27 heavy (non-hydrogen) atoms. The van der Waals surface area contributed by atoms with Crippen LogP contribution < -0.4 is 5.32 Å². The van der Waals surface area contributed by atoms with Crippen LogP contribution in [0.1, 0.15) is 30.9 Å². The minimum Gasteiger partial charge on any atom is -0.309 e. The number of rotatable bonds is 5. The van der Waals surface area contributed by atoms with Gasteiger partial charge in [0, 0.05) is 30.6 Å². The Morgan fingerprint density at radius 1 is 1.19 bits per heavy atom. The molecule has 7 nitrogen and oxygen atoms in total. The number of benzene rings is 1. The lowest BCUT2D eigenvalue weighted by molar-refractivity contribution is -0.120. The largest absolute Gasteiger partial charge is 0.309 e. The summed E-state index contributed by atoms with van der Waals surface area (Å²) in [7, 11) is -3.18. The third kappa shape index (κ3) is 4.56. The molecule has 2 heterocycles. The maximum Gasteiger partial charge on any atom is 0.228 e. The summed E-state index contributed by atoms with van der Waals surface area (Å²) in [6, 6.07) is 8.06. The van der Waals surface area contributed by atoms with E-state index in [-0.39, 0.29) is 17.6 Å². The van der Waals surface area contributed by atoms with Gasteiger partial charge in [-0.15, -0.1) is 0 Å². The molecule has 0 spiro atoms. The maximum atomic E-state index is 12.5. The smallest absolute Gasteiger partial charge is 0.228 e. The average molecular weight is 391 g/mol. The number of aromatic amines is 1. The summed E-state index contributed by atoms with van der Waals surface area (Å²) >= 11 is 0. The molecule has 0 bridgehead atoms. The number of aromatic nitrogens is 2. The minimum absolute atomic E-state index is 0.0956. The summed E-state index contributed by atoms with van der Waals surface area (Å²) in [6.07, 6.45) is 1.05. The zero-order valence-electron chi connectivity index (χ0n) is 15.9. The molecule has 2 N–H and O–H groups in total. The number of hydrogen-bond donors (Lipinski definition) is 2. The number of nitrogens with one attached hydrogen (secondary N) is 2. The van der Waals surface area contributed by atoms with Crippen molar-refractivity contribution in [1.29, 1.82) is 0 Å². The minimum atomic E-state index is -3.18. The van der Waals surface area contributed by atoms with Crippen molar-refractivity contribution in [1.82, 2.24) is 14.5 Å². The fourth-order valence-electron chi connectivity index (χ4n) is 3.47. The summed E-state index contributed by atoms with van der Waals surface area (Å²) in [5.41, 5.74) is 4.21. The van der Waals surface area contributed by atoms with Crippen molar-refractivity contribution in [2.45, 2.75) is 33.6 Å². The highest BCUT2D eigenvalue weighted by atomic mass is 32.2. The molecular weight excluding hydrogens is 364 g/mol. The Kier molecular flexibility index (Phi) is 5.67. The third-order valence-electron chi connectivity index (χ3n) is 4.94. The topological polar surface area (TPSA) is 95.2 Å². The first-order valence-electron chi connectivity index (χ1n) is 9.21. The zero-order chi connectivity index (χ0) is 19.6. The van der Waals surface area contributed by atoms with Crippen LogP contribution in [-0.4, -0.2) is 47.7 Å². The van der Waals surface area contributed by atoms with Crippen LogP contribution in [0.15, 0.2) is 24.3 Å². The van der Waals surface area contributed by atoms with E-state index in [0.717, 1.165) is 11.3 Å². The quantitative estimate of drug-likeness (QED) is 0.820. The highest BCUT2D eigenvalue weighted by Gasteiger charge is 2.30. The lowest BCUT2D eigenvalue weighted by Gasteiger charge is -2.30. The maximum absolute atomic E-state index is 12.5. The van der Waals surface area contributed by atoms with Crippen molar-refractivity contribution >= 4 is 21.7 Å². The molecule has 146 valence electrons. The van der Waals surface area contributed by atoms with E-state index in [4.69, 9.17) is 0 Å². The van der Waals surface area contributed by atoms with Crippen molar-refractivity contribution in [3.05, 3.63) is 35.4 Å². The van der Waals surface area contributed by atoms with E-state index in [1.165, 1.54) is 15.4 Å². The summed E-state index contributed by atoms with van der Waals surface area (Å²) in [5, 5.41) is 10.0. The van der Waals surface area contributed by atoms with Crippen molar-refractivity contribution in [2.24, 2.45) is 5.92 Å². The molecule has 0 atom stereocenters. The molecule has 0 saturated carbocycles. The normalized spacial score (nSPS) is 16.4. The van der Waals surface area contributed by atoms with Gasteiger partial charge < -0.3 is 5.32 Å². The van der Waals surface area contributed by atoms with Gasteiger partial charge in [0.25, 0.3) is 0 Å². The Balaban J connectivity index is 1.62. The predicted octanol–water partition coefficient (Wildman–Crippen LogP) is 2.69. The van der Waals surface area contributed by atoms with Gasteiger partial charge in [-0.3, -0.25) is 9.89 Å². The van der Waals surface area contributed by atoms with E-state index in [0.29, 0.717) is 31.7 Å². The number of H-pyrrole nitrogens is 1. The summed E-state index contributed by atoms with van der Waals surface area (Å²) in [6.45, 7) is 6.51. The lowest BCUT2D eigenvalue weighted by Crippen LogP contribution is -2.42. The number of sulfonamides is 1. The summed E-state index contributed by atoms with van der Waals surface area (Å²) < 4.78 is 25.3. The number of carbonyl (C=O) groups excluding carboxylic acids is 1. The van der Waals surface area contributed by atoms with Crippen LogP contribution in [0.3, 0.4) is 0 Å². The first kappa shape index (κ1) is 19.6. The molecule has 2 aromatic rings. The Bertz CT molecular complexity index is 908. The highest BCUT2D eigenvalue weighted by molar-refractivity contribution is 7.89. The van der Waals surface area contributed by atoms with Gasteiger partial charge in [-0.25, -0.2) is 12.7 Å². The predicted molar refractivity (Wildman–Crippen MR) is 106 cm³/mol. The van der Waals surface area contributed by atoms with Crippen LogP contribution in [-0.2, 0) is 14.8 Å². The van der Waals surface area contributed by atoms with Gasteiger partial charge in [-0.1, -0.05) is 17.2 Å². The van der Waals surface area contributed by atoms with E-state index in [9.17, 15) is 13.2 Å². The van der Waals surface area contributed by atoms with E-state index in [1.54, 1.807) is 6.92 Å². The summed E-state index contributed by atoms with van der Waals surface area (Å²) in [5.74, 6) is 0.271. The molecule has 1 aromatic heterocycles. The van der Waals surface area contributed by atoms with Gasteiger partial charge in [0.2, 0.25) is 15.9 Å². The number of amides is 1. The van der Waals surface area contributed by atoms with Crippen LogP contribution in [0.5, 0.6) is 0 Å². The van der Waals surface area contributed by atoms with Crippen molar-refractivity contribution < 1.29 is 13.2 Å². The molecule has 1 amide bonds. The second-order valence-electron chi connectivity index (χ2n) is 7.11. The number of anilines is 1. The van der Waals surface area contributed by atoms with Crippen LogP contribution in [0.25, 0.3) is 11.3 Å². The van der Waals surface area contributed by atoms with E-state index in [1.807, 2.05) is 19.9 Å². The second-order valence-corrected chi connectivity index (χ2v) is 9.36. The van der Waals surface area contributed by atoms with Gasteiger partial charge in [0.15, 0.2) is 5.82 Å². The standard InChI is InChI=1S/C19H26N4O3S/c1-4-27(25,26)23-7-5-15(6-8-23)19(24)20-18-12-17(21-22-18)16-10-13(2)9-14(3)11-16/h9-12,15H,4-8H2,1-3H3,(H2,20,21,22,24). The Morgan fingerprint density at radius 3 is 2.41 bits per heavy atom. The van der Waals surface area contributed by atoms with Gasteiger partial charge in [0.1, 0.15) is 0 Å². The number of hydrogen-bond acceptors (Lipinski definition) is 4. The fraction of sp³-hybridized carbons (Fsp3) is 0.474. The first-order chi connectivity index (χ1) is 12.8. The van der Waals surface area contributed by atoms with Crippen molar-refractivity contribution in [2.75, 3.05) is 24.2 Å². The van der Waals surface area contributed by atoms with Gasteiger partial charge >= 0.3 is 0 Å². The van der Waals surface area contributed by atoms with Gasteiger partial charge in [-0.05, 0) is 45.7 Å². The van der Waals surface area contributed by atoms with Crippen molar-refractivity contribution in [3.8, 4) is 11.3 Å². The molecule has 0 unspecified atom stereocenters. The molecule has 0 radical (unpaired) electrons. The monoisotopic (exact) mass is 390 g/mol.